The lowest BCUT2D eigenvalue weighted by molar-refractivity contribution is 0.321. The molecule has 0 saturated carbocycles. The van der Waals surface area contributed by atoms with Crippen molar-refractivity contribution in [3.63, 3.8) is 0 Å². The van der Waals surface area contributed by atoms with E-state index >= 15 is 0 Å². The monoisotopic (exact) mass is 493 g/mol. The van der Waals surface area contributed by atoms with Crippen molar-refractivity contribution >= 4 is 32.9 Å². The van der Waals surface area contributed by atoms with E-state index in [1.165, 1.54) is 29.0 Å². The average Bonchev–Trinajstić information content (AvgIpc) is 3.51. The first kappa shape index (κ1) is 23.7. The molecule has 178 valence electrons. The predicted molar refractivity (Wildman–Crippen MR) is 127 cm³/mol. The number of oxazole rings is 1. The molecule has 1 saturated heterocycles. The number of nitrogens with one attached hydrogen (secondary N) is 1. The summed E-state index contributed by atoms with van der Waals surface area (Å²) in [4.78, 5) is 12.4. The fourth-order valence-electron chi connectivity index (χ4n) is 4.04. The van der Waals surface area contributed by atoms with Crippen LogP contribution in [0.5, 0.6) is 0 Å². The molecule has 0 amide bonds. The summed E-state index contributed by atoms with van der Waals surface area (Å²) in [5, 5.41) is 1.55. The summed E-state index contributed by atoms with van der Waals surface area (Å²) < 4.78 is 48.1. The van der Waals surface area contributed by atoms with E-state index in [0.717, 1.165) is 31.1 Å². The second kappa shape index (κ2) is 9.40. The zero-order chi connectivity index (χ0) is 23.8. The average molecular weight is 494 g/mol. The first-order valence-corrected chi connectivity index (χ1v) is 13.2. The predicted octanol–water partition coefficient (Wildman–Crippen LogP) is 4.21. The van der Waals surface area contributed by atoms with E-state index in [1.54, 1.807) is 18.6 Å². The summed E-state index contributed by atoms with van der Waals surface area (Å²) in [5.41, 5.74) is 3.78. The number of aromatic nitrogens is 2. The summed E-state index contributed by atoms with van der Waals surface area (Å²) in [6, 6.07) is 2.86. The Bertz CT molecular complexity index is 1210. The molecule has 2 aromatic heterocycles. The molecule has 3 heterocycles. The van der Waals surface area contributed by atoms with Crippen LogP contribution in [0.25, 0.3) is 0 Å². The Labute approximate surface area is 197 Å². The Morgan fingerprint density at radius 1 is 1.39 bits per heavy atom. The van der Waals surface area contributed by atoms with Gasteiger partial charge < -0.3 is 9.32 Å². The number of rotatable bonds is 8. The first-order valence-electron chi connectivity index (χ1n) is 10.7. The van der Waals surface area contributed by atoms with Gasteiger partial charge in [-0.3, -0.25) is 9.62 Å². The number of hydrogen-bond donors (Lipinski definition) is 1. The van der Waals surface area contributed by atoms with Crippen LogP contribution in [0.2, 0.25) is 0 Å². The van der Waals surface area contributed by atoms with E-state index in [-0.39, 0.29) is 22.7 Å². The van der Waals surface area contributed by atoms with E-state index in [2.05, 4.69) is 19.6 Å². The van der Waals surface area contributed by atoms with Crippen LogP contribution >= 0.6 is 11.3 Å². The Hall–Kier alpha value is -2.50. The van der Waals surface area contributed by atoms with E-state index in [0.29, 0.717) is 17.8 Å². The van der Waals surface area contributed by atoms with Crippen LogP contribution in [0, 0.1) is 12.7 Å². The highest BCUT2D eigenvalue weighted by Gasteiger charge is 2.29. The molecule has 1 atom stereocenters. The summed E-state index contributed by atoms with van der Waals surface area (Å²) in [7, 11) is -2.15. The number of likely N-dealkylation sites (N-methyl/N-ethyl adjacent to an activating group) is 1. The molecule has 4 rings (SSSR count). The molecule has 11 heteroatoms. The Balaban J connectivity index is 1.46. The molecule has 33 heavy (non-hydrogen) atoms. The van der Waals surface area contributed by atoms with Gasteiger partial charge in [-0.2, -0.15) is 0 Å². The van der Waals surface area contributed by atoms with Gasteiger partial charge in [-0.15, -0.1) is 11.3 Å². The maximum atomic E-state index is 14.9. The number of aryl methyl sites for hydroxylation is 1. The van der Waals surface area contributed by atoms with Gasteiger partial charge >= 0.3 is 0 Å². The van der Waals surface area contributed by atoms with E-state index in [1.807, 2.05) is 25.8 Å². The Morgan fingerprint density at radius 2 is 2.18 bits per heavy atom. The largest absolute Gasteiger partial charge is 0.448 e. The fourth-order valence-corrected chi connectivity index (χ4v) is 5.75. The molecular formula is C22H28FN5O3S2. The highest BCUT2D eigenvalue weighted by Crippen LogP contribution is 2.30. The van der Waals surface area contributed by atoms with Crippen molar-refractivity contribution in [2.75, 3.05) is 29.8 Å². The molecule has 0 aliphatic carbocycles. The Morgan fingerprint density at radius 3 is 2.85 bits per heavy atom. The SMILES string of the molecule is Cc1cc(S(=O)(=O)Nc2cscn2)c(F)cc1N(C)[C@H]1CCN(Cc2coc(C(C)C)n2)C1. The van der Waals surface area contributed by atoms with Crippen LogP contribution in [0.3, 0.4) is 0 Å². The minimum absolute atomic E-state index is 0.176. The lowest BCUT2D eigenvalue weighted by atomic mass is 10.1. The van der Waals surface area contributed by atoms with Crippen LogP contribution in [-0.4, -0.2) is 49.5 Å². The summed E-state index contributed by atoms with van der Waals surface area (Å²) in [6.07, 6.45) is 2.63. The summed E-state index contributed by atoms with van der Waals surface area (Å²) in [5.74, 6) is 0.376. The van der Waals surface area contributed by atoms with Crippen LogP contribution < -0.4 is 9.62 Å². The third kappa shape index (κ3) is 5.20. The smallest absolute Gasteiger partial charge is 0.266 e. The van der Waals surface area contributed by atoms with Gasteiger partial charge in [0.05, 0.1) is 11.2 Å². The molecule has 1 aromatic carbocycles. The molecule has 0 unspecified atom stereocenters. The molecule has 0 spiro atoms. The quantitative estimate of drug-likeness (QED) is 0.502. The van der Waals surface area contributed by atoms with Crippen molar-refractivity contribution in [3.05, 3.63) is 52.3 Å². The van der Waals surface area contributed by atoms with Crippen LogP contribution in [0.1, 0.15) is 43.3 Å². The lowest BCUT2D eigenvalue weighted by Crippen LogP contribution is -2.35. The van der Waals surface area contributed by atoms with E-state index in [4.69, 9.17) is 4.42 Å². The molecule has 1 N–H and O–H groups in total. The third-order valence-corrected chi connectivity index (χ3v) is 7.79. The number of hydrogen-bond acceptors (Lipinski definition) is 8. The van der Waals surface area contributed by atoms with Crippen molar-refractivity contribution in [1.29, 1.82) is 0 Å². The highest BCUT2D eigenvalue weighted by molar-refractivity contribution is 7.92. The Kier molecular flexibility index (Phi) is 6.73. The zero-order valence-corrected chi connectivity index (χ0v) is 20.7. The standard InChI is InChI=1S/C22H28FN5O3S2/c1-14(2)22-25-16(11-31-22)9-28-6-5-17(10-28)27(4)19-8-18(23)20(7-15(19)3)33(29,30)26-21-12-32-13-24-21/h7-8,11-14,17,26H,5-6,9-10H2,1-4H3/t17-/m0/s1. The van der Waals surface area contributed by atoms with Gasteiger partial charge in [0.1, 0.15) is 17.0 Å². The van der Waals surface area contributed by atoms with Crippen molar-refractivity contribution in [1.82, 2.24) is 14.9 Å². The normalized spacial score (nSPS) is 17.1. The molecule has 0 radical (unpaired) electrons. The minimum atomic E-state index is -4.07. The second-order valence-corrected chi connectivity index (χ2v) is 11.0. The molecule has 1 fully saturated rings. The number of nitrogens with zero attached hydrogens (tertiary/aromatic N) is 4. The number of sulfonamides is 1. The number of halogens is 1. The van der Waals surface area contributed by atoms with Gasteiger partial charge in [-0.1, -0.05) is 13.8 Å². The highest BCUT2D eigenvalue weighted by atomic mass is 32.2. The van der Waals surface area contributed by atoms with Gasteiger partial charge in [0.15, 0.2) is 11.7 Å². The minimum Gasteiger partial charge on any atom is -0.448 e. The molecule has 8 nitrogen and oxygen atoms in total. The topological polar surface area (TPSA) is 91.6 Å². The maximum Gasteiger partial charge on any atom is 0.266 e. The van der Waals surface area contributed by atoms with E-state index < -0.39 is 15.8 Å². The lowest BCUT2D eigenvalue weighted by Gasteiger charge is -2.29. The van der Waals surface area contributed by atoms with Gasteiger partial charge in [0.25, 0.3) is 10.0 Å². The number of thiazole rings is 1. The summed E-state index contributed by atoms with van der Waals surface area (Å²) >= 11 is 1.25. The van der Waals surface area contributed by atoms with Crippen LogP contribution in [-0.2, 0) is 16.6 Å². The number of anilines is 2. The van der Waals surface area contributed by atoms with Crippen molar-refractivity contribution < 1.29 is 17.2 Å². The molecular weight excluding hydrogens is 465 g/mol. The van der Waals surface area contributed by atoms with Crippen molar-refractivity contribution in [2.45, 2.75) is 50.6 Å². The van der Waals surface area contributed by atoms with Crippen molar-refractivity contribution in [3.8, 4) is 0 Å². The van der Waals surface area contributed by atoms with E-state index in [9.17, 15) is 12.8 Å². The second-order valence-electron chi connectivity index (χ2n) is 8.67. The molecule has 0 bridgehead atoms. The van der Waals surface area contributed by atoms with Gasteiger partial charge in [0.2, 0.25) is 0 Å². The van der Waals surface area contributed by atoms with Gasteiger partial charge in [-0.05, 0) is 31.0 Å². The third-order valence-electron chi connectivity index (χ3n) is 5.84. The first-order chi connectivity index (χ1) is 15.6. The van der Waals surface area contributed by atoms with Crippen LogP contribution in [0.4, 0.5) is 15.9 Å². The zero-order valence-electron chi connectivity index (χ0n) is 19.1. The maximum absolute atomic E-state index is 14.9. The molecule has 3 aromatic rings. The van der Waals surface area contributed by atoms with Crippen LogP contribution in [0.15, 0.2) is 38.6 Å². The number of likely N-dealkylation sites (tertiary alicyclic amines) is 1. The van der Waals surface area contributed by atoms with Crippen molar-refractivity contribution in [2.24, 2.45) is 0 Å². The van der Waals surface area contributed by atoms with Gasteiger partial charge in [-0.25, -0.2) is 22.8 Å². The number of benzene rings is 1. The van der Waals surface area contributed by atoms with Gasteiger partial charge in [0, 0.05) is 49.7 Å². The molecule has 1 aliphatic heterocycles. The fraction of sp³-hybridized carbons (Fsp3) is 0.455. The summed E-state index contributed by atoms with van der Waals surface area (Å²) in [6.45, 7) is 8.28. The molecule has 1 aliphatic rings.